The van der Waals surface area contributed by atoms with Crippen LogP contribution < -0.4 is 5.32 Å². The van der Waals surface area contributed by atoms with E-state index in [1.165, 1.54) is 0 Å². The number of carboxylic acid groups (broad SMARTS) is 1. The summed E-state index contributed by atoms with van der Waals surface area (Å²) < 4.78 is 0. The van der Waals surface area contributed by atoms with E-state index in [0.29, 0.717) is 12.8 Å². The van der Waals surface area contributed by atoms with Crippen LogP contribution >= 0.6 is 0 Å². The molecule has 7 heteroatoms. The van der Waals surface area contributed by atoms with Gasteiger partial charge in [-0.05, 0) is 25.7 Å². The summed E-state index contributed by atoms with van der Waals surface area (Å²) in [5.41, 5.74) is 0. The number of carbonyl (C=O) groups is 2. The molecule has 2 heterocycles. The molecule has 2 aliphatic rings. The standard InChI is InChI=1S/C11H18N2O5/c14-5-9(10(16)17)12-11(18)13-6-1-2-7(13)4-8(15)3-6/h6-9,14-15H,1-5H2,(H,12,18)(H,16,17)/t6?,7?,8?,9-/m1/s1. The third-order valence-corrected chi connectivity index (χ3v) is 3.72. The Kier molecular flexibility index (Phi) is 3.72. The molecule has 0 aromatic heterocycles. The highest BCUT2D eigenvalue weighted by molar-refractivity contribution is 5.83. The van der Waals surface area contributed by atoms with E-state index in [9.17, 15) is 14.7 Å². The lowest BCUT2D eigenvalue weighted by Crippen LogP contribution is -2.55. The van der Waals surface area contributed by atoms with Crippen LogP contribution in [0.5, 0.6) is 0 Å². The summed E-state index contributed by atoms with van der Waals surface area (Å²) in [5, 5.41) is 29.6. The molecule has 102 valence electrons. The van der Waals surface area contributed by atoms with Gasteiger partial charge in [0.15, 0.2) is 6.04 Å². The number of hydrogen-bond donors (Lipinski definition) is 4. The van der Waals surface area contributed by atoms with Crippen LogP contribution in [0, 0.1) is 0 Å². The van der Waals surface area contributed by atoms with E-state index >= 15 is 0 Å². The van der Waals surface area contributed by atoms with Crippen molar-refractivity contribution in [3.05, 3.63) is 0 Å². The summed E-state index contributed by atoms with van der Waals surface area (Å²) >= 11 is 0. The lowest BCUT2D eigenvalue weighted by molar-refractivity contribution is -0.140. The van der Waals surface area contributed by atoms with E-state index in [1.807, 2.05) is 0 Å². The van der Waals surface area contributed by atoms with Gasteiger partial charge in [0.1, 0.15) is 0 Å². The average molecular weight is 258 g/mol. The number of aliphatic hydroxyl groups excluding tert-OH is 2. The third-order valence-electron chi connectivity index (χ3n) is 3.72. The molecule has 3 atom stereocenters. The monoisotopic (exact) mass is 258 g/mol. The maximum Gasteiger partial charge on any atom is 0.328 e. The maximum absolute atomic E-state index is 12.0. The van der Waals surface area contributed by atoms with E-state index in [4.69, 9.17) is 10.2 Å². The summed E-state index contributed by atoms with van der Waals surface area (Å²) in [6.07, 6.45) is 2.39. The molecule has 2 unspecified atom stereocenters. The first-order valence-electron chi connectivity index (χ1n) is 6.13. The van der Waals surface area contributed by atoms with Crippen molar-refractivity contribution in [1.82, 2.24) is 10.2 Å². The summed E-state index contributed by atoms with van der Waals surface area (Å²) in [5.74, 6) is -1.25. The first-order valence-corrected chi connectivity index (χ1v) is 6.13. The number of hydrogen-bond acceptors (Lipinski definition) is 4. The highest BCUT2D eigenvalue weighted by atomic mass is 16.4. The second-order valence-electron chi connectivity index (χ2n) is 4.94. The zero-order valence-corrected chi connectivity index (χ0v) is 9.95. The summed E-state index contributed by atoms with van der Waals surface area (Å²) in [6, 6.07) is -1.78. The Morgan fingerprint density at radius 1 is 1.28 bits per heavy atom. The van der Waals surface area contributed by atoms with Crippen LogP contribution in [0.4, 0.5) is 4.79 Å². The Morgan fingerprint density at radius 2 is 1.83 bits per heavy atom. The number of carboxylic acids is 1. The number of rotatable bonds is 3. The van der Waals surface area contributed by atoms with Crippen LogP contribution in [0.2, 0.25) is 0 Å². The van der Waals surface area contributed by atoms with E-state index < -0.39 is 24.6 Å². The van der Waals surface area contributed by atoms with Crippen LogP contribution in [-0.4, -0.2) is 63.1 Å². The maximum atomic E-state index is 12.0. The van der Waals surface area contributed by atoms with Gasteiger partial charge in [-0.15, -0.1) is 0 Å². The highest BCUT2D eigenvalue weighted by Crippen LogP contribution is 2.35. The van der Waals surface area contributed by atoms with Gasteiger partial charge in [-0.1, -0.05) is 0 Å². The molecular formula is C11H18N2O5. The summed E-state index contributed by atoms with van der Waals surface area (Å²) in [6.45, 7) is -0.632. The molecular weight excluding hydrogens is 240 g/mol. The Labute approximate surface area is 104 Å². The second-order valence-corrected chi connectivity index (χ2v) is 4.94. The van der Waals surface area contributed by atoms with E-state index in [0.717, 1.165) is 12.8 Å². The number of aliphatic hydroxyl groups is 2. The molecule has 0 saturated carbocycles. The Balaban J connectivity index is 2.00. The molecule has 2 saturated heterocycles. The number of piperidine rings is 1. The molecule has 0 radical (unpaired) electrons. The fraction of sp³-hybridized carbons (Fsp3) is 0.818. The van der Waals surface area contributed by atoms with Gasteiger partial charge in [0.25, 0.3) is 0 Å². The highest BCUT2D eigenvalue weighted by Gasteiger charge is 2.43. The molecule has 0 aromatic rings. The minimum atomic E-state index is -1.27. The van der Waals surface area contributed by atoms with Crippen molar-refractivity contribution >= 4 is 12.0 Å². The number of amides is 2. The number of carbonyl (C=O) groups excluding carboxylic acids is 1. The molecule has 2 aliphatic heterocycles. The van der Waals surface area contributed by atoms with Crippen molar-refractivity contribution in [1.29, 1.82) is 0 Å². The summed E-state index contributed by atoms with van der Waals surface area (Å²) in [7, 11) is 0. The van der Waals surface area contributed by atoms with Crippen molar-refractivity contribution in [2.24, 2.45) is 0 Å². The zero-order valence-electron chi connectivity index (χ0n) is 9.95. The molecule has 7 nitrogen and oxygen atoms in total. The fourth-order valence-electron chi connectivity index (χ4n) is 2.89. The van der Waals surface area contributed by atoms with Gasteiger partial charge in [0.2, 0.25) is 0 Å². The molecule has 2 fully saturated rings. The first-order chi connectivity index (χ1) is 8.52. The molecule has 0 spiro atoms. The van der Waals surface area contributed by atoms with Crippen LogP contribution in [-0.2, 0) is 4.79 Å². The molecule has 18 heavy (non-hydrogen) atoms. The van der Waals surface area contributed by atoms with Crippen LogP contribution in [0.15, 0.2) is 0 Å². The van der Waals surface area contributed by atoms with E-state index in [-0.39, 0.29) is 18.2 Å². The van der Waals surface area contributed by atoms with E-state index in [2.05, 4.69) is 5.32 Å². The lowest BCUT2D eigenvalue weighted by Gasteiger charge is -2.37. The molecule has 0 aromatic carbocycles. The van der Waals surface area contributed by atoms with Gasteiger partial charge in [0.05, 0.1) is 12.7 Å². The number of fused-ring (bicyclic) bond motifs is 2. The van der Waals surface area contributed by atoms with Gasteiger partial charge >= 0.3 is 12.0 Å². The van der Waals surface area contributed by atoms with Crippen LogP contribution in [0.3, 0.4) is 0 Å². The third kappa shape index (κ3) is 2.41. The van der Waals surface area contributed by atoms with Crippen LogP contribution in [0.1, 0.15) is 25.7 Å². The SMILES string of the molecule is O=C(O)[C@@H](CO)NC(=O)N1C2CCC1CC(O)C2. The quantitative estimate of drug-likeness (QED) is 0.526. The predicted octanol–water partition coefficient (Wildman–Crippen LogP) is -0.871. The molecule has 2 amide bonds. The minimum absolute atomic E-state index is 0.0214. The van der Waals surface area contributed by atoms with Crippen molar-refractivity contribution in [2.75, 3.05) is 6.61 Å². The van der Waals surface area contributed by atoms with Gasteiger partial charge in [-0.2, -0.15) is 0 Å². The van der Waals surface area contributed by atoms with Gasteiger partial charge in [-0.3, -0.25) is 0 Å². The average Bonchev–Trinajstić information content (AvgIpc) is 2.58. The number of nitrogens with one attached hydrogen (secondary N) is 1. The van der Waals surface area contributed by atoms with Crippen LogP contribution in [0.25, 0.3) is 0 Å². The topological polar surface area (TPSA) is 110 Å². The first kappa shape index (κ1) is 13.1. The van der Waals surface area contributed by atoms with Crippen molar-refractivity contribution in [3.63, 3.8) is 0 Å². The van der Waals surface area contributed by atoms with E-state index in [1.54, 1.807) is 4.90 Å². The number of aliphatic carboxylic acids is 1. The smallest absolute Gasteiger partial charge is 0.328 e. The largest absolute Gasteiger partial charge is 0.480 e. The zero-order chi connectivity index (χ0) is 13.3. The Hall–Kier alpha value is -1.34. The minimum Gasteiger partial charge on any atom is -0.480 e. The van der Waals surface area contributed by atoms with Gasteiger partial charge < -0.3 is 25.5 Å². The molecule has 2 rings (SSSR count). The van der Waals surface area contributed by atoms with Crippen molar-refractivity contribution in [3.8, 4) is 0 Å². The van der Waals surface area contributed by atoms with Crippen molar-refractivity contribution < 1.29 is 24.9 Å². The second kappa shape index (κ2) is 5.11. The molecule has 2 bridgehead atoms. The number of urea groups is 1. The van der Waals surface area contributed by atoms with Gasteiger partial charge in [0, 0.05) is 12.1 Å². The number of nitrogens with zero attached hydrogens (tertiary/aromatic N) is 1. The Bertz CT molecular complexity index is 334. The molecule has 0 aliphatic carbocycles. The normalized spacial score (nSPS) is 32.1. The molecule has 4 N–H and O–H groups in total. The fourth-order valence-corrected chi connectivity index (χ4v) is 2.89. The Morgan fingerprint density at radius 3 is 2.28 bits per heavy atom. The van der Waals surface area contributed by atoms with Gasteiger partial charge in [-0.25, -0.2) is 9.59 Å². The lowest BCUT2D eigenvalue weighted by atomic mass is 10.0. The summed E-state index contributed by atoms with van der Waals surface area (Å²) in [4.78, 5) is 24.4. The van der Waals surface area contributed by atoms with Crippen molar-refractivity contribution in [2.45, 2.75) is 49.9 Å². The predicted molar refractivity (Wildman–Crippen MR) is 60.9 cm³/mol.